The van der Waals surface area contributed by atoms with Gasteiger partial charge in [-0.15, -0.1) is 0 Å². The Bertz CT molecular complexity index is 170. The van der Waals surface area contributed by atoms with Crippen LogP contribution in [0.15, 0.2) is 0 Å². The van der Waals surface area contributed by atoms with Gasteiger partial charge in [-0.25, -0.2) is 0 Å². The van der Waals surface area contributed by atoms with Crippen LogP contribution >= 0.6 is 0 Å². The third-order valence-corrected chi connectivity index (χ3v) is 3.12. The highest BCUT2D eigenvalue weighted by Gasteiger charge is 2.31. The molecule has 0 unspecified atom stereocenters. The van der Waals surface area contributed by atoms with E-state index >= 15 is 0 Å². The summed E-state index contributed by atoms with van der Waals surface area (Å²) >= 11 is 0. The third kappa shape index (κ3) is 4.98. The van der Waals surface area contributed by atoms with Crippen molar-refractivity contribution in [1.82, 2.24) is 0 Å². The molecule has 0 aromatic carbocycles. The lowest BCUT2D eigenvalue weighted by Gasteiger charge is -2.37. The Labute approximate surface area is 94.3 Å². The first kappa shape index (κ1) is 13.0. The molecule has 15 heavy (non-hydrogen) atoms. The number of ether oxygens (including phenoxy) is 2. The molecule has 2 nitrogen and oxygen atoms in total. The molecule has 0 aliphatic carbocycles. The summed E-state index contributed by atoms with van der Waals surface area (Å²) < 4.78 is 11.6. The molecule has 1 rings (SSSR count). The standard InChI is InChI=1S/C13H26O2/c1-4-5-6-7-8-10-13(3)14-11-9-12(2)15-13/h12H,4-11H2,1-3H3/t12-,13+/m0/s1. The molecular formula is C13H26O2. The van der Waals surface area contributed by atoms with Crippen LogP contribution < -0.4 is 0 Å². The number of unbranched alkanes of at least 4 members (excludes halogenated alkanes) is 4. The summed E-state index contributed by atoms with van der Waals surface area (Å²) in [6, 6.07) is 0. The van der Waals surface area contributed by atoms with E-state index in [0.717, 1.165) is 19.4 Å². The summed E-state index contributed by atoms with van der Waals surface area (Å²) in [4.78, 5) is 0. The normalized spacial score (nSPS) is 31.8. The highest BCUT2D eigenvalue weighted by atomic mass is 16.7. The molecule has 90 valence electrons. The van der Waals surface area contributed by atoms with Gasteiger partial charge in [-0.2, -0.15) is 0 Å². The Hall–Kier alpha value is -0.0800. The van der Waals surface area contributed by atoms with Crippen LogP contribution in [0.1, 0.15) is 65.7 Å². The smallest absolute Gasteiger partial charge is 0.165 e. The van der Waals surface area contributed by atoms with E-state index in [-0.39, 0.29) is 5.79 Å². The lowest BCUT2D eigenvalue weighted by Crippen LogP contribution is -2.41. The molecule has 0 aromatic heterocycles. The Morgan fingerprint density at radius 2 is 1.93 bits per heavy atom. The van der Waals surface area contributed by atoms with Crippen LogP contribution in [0, 0.1) is 0 Å². The van der Waals surface area contributed by atoms with Gasteiger partial charge in [0.2, 0.25) is 0 Å². The molecule has 0 bridgehead atoms. The summed E-state index contributed by atoms with van der Waals surface area (Å²) in [5.74, 6) is -0.302. The predicted octanol–water partition coefficient (Wildman–Crippen LogP) is 3.89. The molecule has 0 saturated carbocycles. The summed E-state index contributed by atoms with van der Waals surface area (Å²) in [5.41, 5.74) is 0. The van der Waals surface area contributed by atoms with Gasteiger partial charge in [-0.1, -0.05) is 32.6 Å². The highest BCUT2D eigenvalue weighted by Crippen LogP contribution is 2.27. The molecule has 1 saturated heterocycles. The second kappa shape index (κ2) is 6.49. The van der Waals surface area contributed by atoms with Crippen molar-refractivity contribution in [3.8, 4) is 0 Å². The van der Waals surface area contributed by atoms with E-state index in [2.05, 4.69) is 20.8 Å². The zero-order chi connectivity index (χ0) is 11.1. The van der Waals surface area contributed by atoms with Gasteiger partial charge in [-0.3, -0.25) is 0 Å². The van der Waals surface area contributed by atoms with E-state index in [1.807, 2.05) is 0 Å². The van der Waals surface area contributed by atoms with Crippen LogP contribution in [0.25, 0.3) is 0 Å². The molecule has 0 N–H and O–H groups in total. The first-order valence-corrected chi connectivity index (χ1v) is 6.48. The average Bonchev–Trinajstić information content (AvgIpc) is 2.17. The van der Waals surface area contributed by atoms with Crippen molar-refractivity contribution in [3.05, 3.63) is 0 Å². The maximum atomic E-state index is 5.86. The van der Waals surface area contributed by atoms with Crippen molar-refractivity contribution in [2.45, 2.75) is 77.6 Å². The lowest BCUT2D eigenvalue weighted by atomic mass is 10.1. The van der Waals surface area contributed by atoms with Gasteiger partial charge < -0.3 is 9.47 Å². The quantitative estimate of drug-likeness (QED) is 0.624. The average molecular weight is 214 g/mol. The largest absolute Gasteiger partial charge is 0.350 e. The van der Waals surface area contributed by atoms with E-state index in [1.54, 1.807) is 0 Å². The van der Waals surface area contributed by atoms with E-state index in [0.29, 0.717) is 6.10 Å². The van der Waals surface area contributed by atoms with Crippen molar-refractivity contribution in [1.29, 1.82) is 0 Å². The van der Waals surface area contributed by atoms with Gasteiger partial charge >= 0.3 is 0 Å². The zero-order valence-corrected chi connectivity index (χ0v) is 10.6. The SMILES string of the molecule is CCCCCCC[C@]1(C)OCC[C@H](C)O1. The fourth-order valence-electron chi connectivity index (χ4n) is 2.14. The van der Waals surface area contributed by atoms with Gasteiger partial charge in [0.25, 0.3) is 0 Å². The zero-order valence-electron chi connectivity index (χ0n) is 10.6. The molecule has 1 fully saturated rings. The third-order valence-electron chi connectivity index (χ3n) is 3.12. The maximum absolute atomic E-state index is 5.86. The molecule has 0 amide bonds. The van der Waals surface area contributed by atoms with Crippen LogP contribution in [-0.4, -0.2) is 18.5 Å². The van der Waals surface area contributed by atoms with Crippen LogP contribution in [0.5, 0.6) is 0 Å². The van der Waals surface area contributed by atoms with Gasteiger partial charge in [-0.05, 0) is 26.7 Å². The molecule has 0 aromatic rings. The topological polar surface area (TPSA) is 18.5 Å². The highest BCUT2D eigenvalue weighted by molar-refractivity contribution is 4.70. The Morgan fingerprint density at radius 3 is 2.60 bits per heavy atom. The van der Waals surface area contributed by atoms with Crippen molar-refractivity contribution >= 4 is 0 Å². The number of hydrogen-bond acceptors (Lipinski definition) is 2. The van der Waals surface area contributed by atoms with E-state index in [1.165, 1.54) is 32.1 Å². The van der Waals surface area contributed by atoms with E-state index in [9.17, 15) is 0 Å². The van der Waals surface area contributed by atoms with Crippen LogP contribution in [0.3, 0.4) is 0 Å². The van der Waals surface area contributed by atoms with E-state index in [4.69, 9.17) is 9.47 Å². The van der Waals surface area contributed by atoms with Crippen molar-refractivity contribution in [2.75, 3.05) is 6.61 Å². The van der Waals surface area contributed by atoms with Crippen molar-refractivity contribution < 1.29 is 9.47 Å². The van der Waals surface area contributed by atoms with Crippen molar-refractivity contribution in [2.24, 2.45) is 0 Å². The fourth-order valence-corrected chi connectivity index (χ4v) is 2.14. The summed E-state index contributed by atoms with van der Waals surface area (Å²) in [5, 5.41) is 0. The summed E-state index contributed by atoms with van der Waals surface area (Å²) in [6.45, 7) is 7.32. The van der Waals surface area contributed by atoms with Crippen LogP contribution in [-0.2, 0) is 9.47 Å². The Morgan fingerprint density at radius 1 is 1.20 bits per heavy atom. The van der Waals surface area contributed by atoms with Gasteiger partial charge in [0.05, 0.1) is 12.7 Å². The molecule has 1 aliphatic rings. The van der Waals surface area contributed by atoms with Crippen molar-refractivity contribution in [3.63, 3.8) is 0 Å². The molecule has 1 aliphatic heterocycles. The minimum absolute atomic E-state index is 0.302. The van der Waals surface area contributed by atoms with E-state index < -0.39 is 0 Å². The first-order chi connectivity index (χ1) is 7.16. The van der Waals surface area contributed by atoms with Crippen LogP contribution in [0.2, 0.25) is 0 Å². The van der Waals surface area contributed by atoms with Gasteiger partial charge in [0.15, 0.2) is 5.79 Å². The molecule has 2 heteroatoms. The second-order valence-electron chi connectivity index (χ2n) is 4.86. The number of rotatable bonds is 6. The number of hydrogen-bond donors (Lipinski definition) is 0. The van der Waals surface area contributed by atoms with Crippen LogP contribution in [0.4, 0.5) is 0 Å². The molecule has 1 heterocycles. The monoisotopic (exact) mass is 214 g/mol. The summed E-state index contributed by atoms with van der Waals surface area (Å²) in [7, 11) is 0. The second-order valence-corrected chi connectivity index (χ2v) is 4.86. The lowest BCUT2D eigenvalue weighted by molar-refractivity contribution is -0.283. The maximum Gasteiger partial charge on any atom is 0.165 e. The molecule has 0 spiro atoms. The minimum atomic E-state index is -0.302. The van der Waals surface area contributed by atoms with Gasteiger partial charge in [0, 0.05) is 6.42 Å². The first-order valence-electron chi connectivity index (χ1n) is 6.48. The fraction of sp³-hybridized carbons (Fsp3) is 1.00. The molecular weight excluding hydrogens is 188 g/mol. The molecule has 2 atom stereocenters. The van der Waals surface area contributed by atoms with Gasteiger partial charge in [0.1, 0.15) is 0 Å². The Kier molecular flexibility index (Phi) is 5.62. The predicted molar refractivity (Wildman–Crippen MR) is 62.9 cm³/mol. The molecule has 0 radical (unpaired) electrons. The summed E-state index contributed by atoms with van der Waals surface area (Å²) in [6.07, 6.45) is 8.98. The minimum Gasteiger partial charge on any atom is -0.350 e. The Balaban J connectivity index is 2.12.